The number of rotatable bonds is 4. The normalized spacial score (nSPS) is 11.5. The Labute approximate surface area is 129 Å². The van der Waals surface area contributed by atoms with Crippen LogP contribution >= 0.6 is 11.6 Å². The van der Waals surface area contributed by atoms with Gasteiger partial charge >= 0.3 is 0 Å². The number of benzene rings is 2. The molecule has 0 fully saturated rings. The largest absolute Gasteiger partial charge is 0.318 e. The summed E-state index contributed by atoms with van der Waals surface area (Å²) in [7, 11) is 0. The molecule has 1 unspecified atom stereocenters. The minimum atomic E-state index is -0.625. The summed E-state index contributed by atoms with van der Waals surface area (Å²) in [5, 5.41) is 10.1. The molecule has 0 radical (unpaired) electrons. The summed E-state index contributed by atoms with van der Waals surface area (Å²) in [5.41, 5.74) is 1.75. The topological polar surface area (TPSA) is 44.1 Å². The molecule has 0 N–H and O–H groups in total. The molecule has 0 aliphatic heterocycles. The van der Waals surface area contributed by atoms with Gasteiger partial charge in [0.2, 0.25) is 5.91 Å². The fourth-order valence-corrected chi connectivity index (χ4v) is 2.26. The third-order valence-electron chi connectivity index (χ3n) is 3.22. The van der Waals surface area contributed by atoms with E-state index in [0.717, 1.165) is 11.1 Å². The first-order chi connectivity index (χ1) is 10.1. The summed E-state index contributed by atoms with van der Waals surface area (Å²) in [5.74, 6) is -0.139. The molecule has 106 valence electrons. The van der Waals surface area contributed by atoms with Crippen molar-refractivity contribution in [1.29, 1.82) is 5.26 Å². The van der Waals surface area contributed by atoms with E-state index in [0.29, 0.717) is 11.6 Å². The van der Waals surface area contributed by atoms with E-state index in [2.05, 4.69) is 6.07 Å². The van der Waals surface area contributed by atoms with Crippen molar-refractivity contribution in [3.8, 4) is 6.07 Å². The molecule has 0 aliphatic rings. The van der Waals surface area contributed by atoms with Gasteiger partial charge in [-0.1, -0.05) is 54.1 Å². The van der Waals surface area contributed by atoms with E-state index >= 15 is 0 Å². The fourth-order valence-electron chi connectivity index (χ4n) is 2.13. The van der Waals surface area contributed by atoms with Gasteiger partial charge in [-0.3, -0.25) is 4.79 Å². The van der Waals surface area contributed by atoms with Gasteiger partial charge in [0.1, 0.15) is 6.04 Å². The minimum absolute atomic E-state index is 0.139. The first-order valence-electron chi connectivity index (χ1n) is 6.58. The maximum atomic E-state index is 11.9. The number of halogens is 1. The zero-order chi connectivity index (χ0) is 15.2. The maximum Gasteiger partial charge on any atom is 0.221 e. The molecule has 0 aliphatic carbocycles. The highest BCUT2D eigenvalue weighted by molar-refractivity contribution is 6.30. The molecule has 2 rings (SSSR count). The van der Waals surface area contributed by atoms with Crippen LogP contribution in [0.2, 0.25) is 5.02 Å². The van der Waals surface area contributed by atoms with Crippen LogP contribution in [0.3, 0.4) is 0 Å². The summed E-state index contributed by atoms with van der Waals surface area (Å²) in [4.78, 5) is 13.5. The zero-order valence-corrected chi connectivity index (χ0v) is 12.4. The standard InChI is InChI=1S/C17H15ClN2O/c1-13(21)20(12-14-5-3-2-4-6-14)17(11-19)15-7-9-16(18)10-8-15/h2-10,17H,12H2,1H3. The molecular formula is C17H15ClN2O. The van der Waals surface area contributed by atoms with Gasteiger partial charge in [0, 0.05) is 18.5 Å². The van der Waals surface area contributed by atoms with Crippen LogP contribution in [0, 0.1) is 11.3 Å². The average Bonchev–Trinajstić information content (AvgIpc) is 2.49. The molecule has 2 aromatic rings. The lowest BCUT2D eigenvalue weighted by Gasteiger charge is -2.26. The van der Waals surface area contributed by atoms with Gasteiger partial charge in [-0.2, -0.15) is 5.26 Å². The molecule has 0 aromatic heterocycles. The molecule has 0 saturated carbocycles. The van der Waals surface area contributed by atoms with E-state index in [1.165, 1.54) is 6.92 Å². The number of nitriles is 1. The van der Waals surface area contributed by atoms with Gasteiger partial charge in [-0.25, -0.2) is 0 Å². The van der Waals surface area contributed by atoms with Crippen molar-refractivity contribution in [2.45, 2.75) is 19.5 Å². The Morgan fingerprint density at radius 2 is 1.81 bits per heavy atom. The summed E-state index contributed by atoms with van der Waals surface area (Å²) >= 11 is 5.87. The van der Waals surface area contributed by atoms with Crippen LogP contribution in [0.15, 0.2) is 54.6 Å². The fraction of sp³-hybridized carbons (Fsp3) is 0.176. The number of amides is 1. The second-order valence-electron chi connectivity index (χ2n) is 4.72. The molecule has 3 nitrogen and oxygen atoms in total. The van der Waals surface area contributed by atoms with Gasteiger partial charge in [0.25, 0.3) is 0 Å². The van der Waals surface area contributed by atoms with Crippen LogP contribution in [-0.4, -0.2) is 10.8 Å². The highest BCUT2D eigenvalue weighted by Gasteiger charge is 2.22. The van der Waals surface area contributed by atoms with Crippen LogP contribution in [0.4, 0.5) is 0 Å². The predicted octanol–water partition coefficient (Wildman–Crippen LogP) is 3.95. The SMILES string of the molecule is CC(=O)N(Cc1ccccc1)C(C#N)c1ccc(Cl)cc1. The predicted molar refractivity (Wildman–Crippen MR) is 82.5 cm³/mol. The molecule has 0 heterocycles. The van der Waals surface area contributed by atoms with E-state index in [-0.39, 0.29) is 5.91 Å². The monoisotopic (exact) mass is 298 g/mol. The first-order valence-corrected chi connectivity index (χ1v) is 6.96. The average molecular weight is 299 g/mol. The number of carbonyl (C=O) groups excluding carboxylic acids is 1. The second-order valence-corrected chi connectivity index (χ2v) is 5.15. The van der Waals surface area contributed by atoms with Gasteiger partial charge in [0.15, 0.2) is 0 Å². The van der Waals surface area contributed by atoms with Crippen molar-refractivity contribution < 1.29 is 4.79 Å². The Balaban J connectivity index is 2.29. The molecule has 0 spiro atoms. The van der Waals surface area contributed by atoms with Crippen molar-refractivity contribution in [3.63, 3.8) is 0 Å². The van der Waals surface area contributed by atoms with Crippen molar-refractivity contribution in [2.24, 2.45) is 0 Å². The van der Waals surface area contributed by atoms with E-state index in [9.17, 15) is 10.1 Å². The van der Waals surface area contributed by atoms with Crippen LogP contribution in [0.25, 0.3) is 0 Å². The molecule has 1 atom stereocenters. The van der Waals surface area contributed by atoms with Crippen molar-refractivity contribution in [3.05, 3.63) is 70.7 Å². The molecule has 0 bridgehead atoms. The number of carbonyl (C=O) groups is 1. The smallest absolute Gasteiger partial charge is 0.221 e. The molecule has 2 aromatic carbocycles. The van der Waals surface area contributed by atoms with Crippen LogP contribution in [-0.2, 0) is 11.3 Å². The molecule has 21 heavy (non-hydrogen) atoms. The Morgan fingerprint density at radius 1 is 1.19 bits per heavy atom. The number of hydrogen-bond donors (Lipinski definition) is 0. The van der Waals surface area contributed by atoms with Gasteiger partial charge in [0.05, 0.1) is 6.07 Å². The van der Waals surface area contributed by atoms with E-state index < -0.39 is 6.04 Å². The van der Waals surface area contributed by atoms with Crippen molar-refractivity contribution >= 4 is 17.5 Å². The summed E-state index contributed by atoms with van der Waals surface area (Å²) in [6.45, 7) is 1.88. The second kappa shape index (κ2) is 6.92. The maximum absolute atomic E-state index is 11.9. The van der Waals surface area contributed by atoms with Crippen LogP contribution in [0.1, 0.15) is 24.1 Å². The summed E-state index contributed by atoms with van der Waals surface area (Å²) < 4.78 is 0. The molecule has 1 amide bonds. The van der Waals surface area contributed by atoms with Crippen molar-refractivity contribution in [1.82, 2.24) is 4.90 Å². The number of hydrogen-bond acceptors (Lipinski definition) is 2. The molecular weight excluding hydrogens is 284 g/mol. The summed E-state index contributed by atoms with van der Waals surface area (Å²) in [6, 6.07) is 18.2. The molecule has 4 heteroatoms. The Morgan fingerprint density at radius 3 is 2.33 bits per heavy atom. The number of nitrogens with zero attached hydrogens (tertiary/aromatic N) is 2. The lowest BCUT2D eigenvalue weighted by molar-refractivity contribution is -0.130. The Kier molecular flexibility index (Phi) is 4.97. The van der Waals surface area contributed by atoms with Gasteiger partial charge in [-0.05, 0) is 23.3 Å². The lowest BCUT2D eigenvalue weighted by atomic mass is 10.1. The van der Waals surface area contributed by atoms with Gasteiger partial charge < -0.3 is 4.90 Å². The van der Waals surface area contributed by atoms with E-state index in [4.69, 9.17) is 11.6 Å². The highest BCUT2D eigenvalue weighted by Crippen LogP contribution is 2.24. The van der Waals surface area contributed by atoms with Crippen molar-refractivity contribution in [2.75, 3.05) is 0 Å². The lowest BCUT2D eigenvalue weighted by Crippen LogP contribution is -2.31. The van der Waals surface area contributed by atoms with Crippen LogP contribution < -0.4 is 0 Å². The third-order valence-corrected chi connectivity index (χ3v) is 3.47. The van der Waals surface area contributed by atoms with E-state index in [1.807, 2.05) is 30.3 Å². The molecule has 0 saturated heterocycles. The van der Waals surface area contributed by atoms with E-state index in [1.54, 1.807) is 29.2 Å². The minimum Gasteiger partial charge on any atom is -0.318 e. The zero-order valence-electron chi connectivity index (χ0n) is 11.7. The third kappa shape index (κ3) is 3.84. The Bertz CT molecular complexity index is 647. The quantitative estimate of drug-likeness (QED) is 0.857. The van der Waals surface area contributed by atoms with Gasteiger partial charge in [-0.15, -0.1) is 0 Å². The highest BCUT2D eigenvalue weighted by atomic mass is 35.5. The summed E-state index contributed by atoms with van der Waals surface area (Å²) in [6.07, 6.45) is 0. The first kappa shape index (κ1) is 15.1. The Hall–Kier alpha value is -2.31. The van der Waals surface area contributed by atoms with Crippen LogP contribution in [0.5, 0.6) is 0 Å².